The highest BCUT2D eigenvalue weighted by Crippen LogP contribution is 2.14. The number of esters is 2. The van der Waals surface area contributed by atoms with Crippen molar-refractivity contribution in [2.24, 2.45) is 5.92 Å². The van der Waals surface area contributed by atoms with Crippen molar-refractivity contribution in [1.29, 1.82) is 0 Å². The molecule has 44 heavy (non-hydrogen) atoms. The zero-order valence-corrected chi connectivity index (χ0v) is 28.2. The molecule has 6 heteroatoms. The first-order valence-electron chi connectivity index (χ1n) is 17.3. The van der Waals surface area contributed by atoms with E-state index in [1.54, 1.807) is 6.08 Å². The Morgan fingerprint density at radius 1 is 0.705 bits per heavy atom. The number of ether oxygens (including phenoxy) is 2. The van der Waals surface area contributed by atoms with Crippen LogP contribution in [0.4, 0.5) is 0 Å². The van der Waals surface area contributed by atoms with Crippen LogP contribution in [0.2, 0.25) is 0 Å². The lowest BCUT2D eigenvalue weighted by atomic mass is 10.0. The van der Waals surface area contributed by atoms with Crippen LogP contribution in [0.3, 0.4) is 0 Å². The Morgan fingerprint density at radius 3 is 2.00 bits per heavy atom. The van der Waals surface area contributed by atoms with Crippen LogP contribution in [0.1, 0.15) is 136 Å². The second kappa shape index (κ2) is 32.0. The van der Waals surface area contributed by atoms with E-state index in [1.165, 1.54) is 44.9 Å². The standard InChI is InChI=1S/C38H64O6/c1-4-5-6-7-18-23-28-35(40)29-24-19-14-11-12-15-20-25-30-37(41)43-33-36(32-39)44-38(42)31-26-21-16-10-8-9-13-17-22-27-34(2)3/h5-6,12,14-15,18-19,23-24,29,34-36,39-40H,4,7-11,13,16-17,20-22,25-28,30-33H2,1-3H3/b6-5-,15-12-,19-14-,23-18-,29-24+/t35?,36-/m0/s1. The average Bonchev–Trinajstić information content (AvgIpc) is 3.00. The van der Waals surface area contributed by atoms with Crippen LogP contribution in [-0.2, 0) is 19.1 Å². The molecule has 0 bridgehead atoms. The molecular formula is C38H64O6. The third kappa shape index (κ3) is 31.0. The molecule has 0 saturated heterocycles. The number of aliphatic hydroxyl groups is 2. The molecule has 0 aliphatic rings. The summed E-state index contributed by atoms with van der Waals surface area (Å²) in [6, 6.07) is 0. The molecule has 0 saturated carbocycles. The highest BCUT2D eigenvalue weighted by Gasteiger charge is 2.16. The lowest BCUT2D eigenvalue weighted by molar-refractivity contribution is -0.161. The van der Waals surface area contributed by atoms with E-state index in [1.807, 2.05) is 36.5 Å². The lowest BCUT2D eigenvalue weighted by Gasteiger charge is -2.15. The molecule has 6 nitrogen and oxygen atoms in total. The SMILES string of the molecule is CC/C=C\C/C=C\CC(O)/C=C/C=C\C/C=C\CCCC(=O)OC[C@H](CO)OC(=O)CCCCCCCCCCCC(C)C. The topological polar surface area (TPSA) is 93.1 Å². The molecule has 0 rings (SSSR count). The molecule has 1 unspecified atom stereocenters. The largest absolute Gasteiger partial charge is 0.462 e. The van der Waals surface area contributed by atoms with Crippen LogP contribution < -0.4 is 0 Å². The second-order valence-electron chi connectivity index (χ2n) is 11.9. The van der Waals surface area contributed by atoms with Gasteiger partial charge in [-0.15, -0.1) is 0 Å². The van der Waals surface area contributed by atoms with Gasteiger partial charge in [-0.2, -0.15) is 0 Å². The molecule has 0 spiro atoms. The van der Waals surface area contributed by atoms with Gasteiger partial charge in [-0.05, 0) is 50.9 Å². The molecule has 0 radical (unpaired) electrons. The van der Waals surface area contributed by atoms with E-state index >= 15 is 0 Å². The summed E-state index contributed by atoms with van der Waals surface area (Å²) in [4.78, 5) is 24.1. The second-order valence-corrected chi connectivity index (χ2v) is 11.9. The number of allylic oxidation sites excluding steroid dienone is 8. The summed E-state index contributed by atoms with van der Waals surface area (Å²) in [6.45, 7) is 6.18. The van der Waals surface area contributed by atoms with Crippen LogP contribution in [0.5, 0.6) is 0 Å². The van der Waals surface area contributed by atoms with Crippen LogP contribution in [0.15, 0.2) is 60.8 Å². The zero-order chi connectivity index (χ0) is 32.5. The summed E-state index contributed by atoms with van der Waals surface area (Å²) in [5.74, 6) is 0.100. The summed E-state index contributed by atoms with van der Waals surface area (Å²) in [5.41, 5.74) is 0. The molecular weight excluding hydrogens is 552 g/mol. The highest BCUT2D eigenvalue weighted by molar-refractivity contribution is 5.70. The number of carbonyl (C=O) groups is 2. The molecule has 0 aromatic heterocycles. The van der Waals surface area contributed by atoms with Crippen LogP contribution in [0, 0.1) is 5.92 Å². The van der Waals surface area contributed by atoms with Crippen molar-refractivity contribution >= 4 is 11.9 Å². The Kier molecular flexibility index (Phi) is 30.2. The molecule has 0 aromatic carbocycles. The van der Waals surface area contributed by atoms with Gasteiger partial charge >= 0.3 is 11.9 Å². The van der Waals surface area contributed by atoms with Gasteiger partial charge in [-0.1, -0.05) is 139 Å². The maximum atomic E-state index is 12.1. The van der Waals surface area contributed by atoms with E-state index in [0.29, 0.717) is 19.3 Å². The van der Waals surface area contributed by atoms with Gasteiger partial charge in [0.25, 0.3) is 0 Å². The fraction of sp³-hybridized carbons (Fsp3) is 0.684. The molecule has 0 aliphatic heterocycles. The molecule has 2 N–H and O–H groups in total. The summed E-state index contributed by atoms with van der Waals surface area (Å²) < 4.78 is 10.5. The molecule has 252 valence electrons. The van der Waals surface area contributed by atoms with E-state index in [2.05, 4.69) is 39.0 Å². The number of hydrogen-bond acceptors (Lipinski definition) is 6. The molecule has 0 heterocycles. The minimum absolute atomic E-state index is 0.117. The number of hydrogen-bond donors (Lipinski definition) is 2. The monoisotopic (exact) mass is 616 g/mol. The fourth-order valence-electron chi connectivity index (χ4n) is 4.44. The zero-order valence-electron chi connectivity index (χ0n) is 28.2. The first-order valence-corrected chi connectivity index (χ1v) is 17.3. The average molecular weight is 617 g/mol. The maximum absolute atomic E-state index is 12.1. The number of aliphatic hydroxyl groups excluding tert-OH is 2. The third-order valence-corrected chi connectivity index (χ3v) is 7.08. The smallest absolute Gasteiger partial charge is 0.306 e. The van der Waals surface area contributed by atoms with Gasteiger partial charge in [0.05, 0.1) is 12.7 Å². The Labute approximate surface area is 269 Å². The van der Waals surface area contributed by atoms with Gasteiger partial charge in [0.2, 0.25) is 0 Å². The van der Waals surface area contributed by atoms with Crippen molar-refractivity contribution in [2.45, 2.75) is 149 Å². The van der Waals surface area contributed by atoms with Crippen molar-refractivity contribution in [1.82, 2.24) is 0 Å². The summed E-state index contributed by atoms with van der Waals surface area (Å²) in [6.07, 6.45) is 36.0. The number of unbranched alkanes of at least 4 members (excludes halogenated alkanes) is 9. The molecule has 0 aliphatic carbocycles. The van der Waals surface area contributed by atoms with E-state index in [-0.39, 0.29) is 31.6 Å². The Balaban J connectivity index is 3.80. The van der Waals surface area contributed by atoms with Gasteiger partial charge < -0.3 is 19.7 Å². The van der Waals surface area contributed by atoms with Crippen LogP contribution in [0.25, 0.3) is 0 Å². The summed E-state index contributed by atoms with van der Waals surface area (Å²) >= 11 is 0. The van der Waals surface area contributed by atoms with E-state index in [9.17, 15) is 19.8 Å². The predicted molar refractivity (Wildman–Crippen MR) is 183 cm³/mol. The van der Waals surface area contributed by atoms with Crippen molar-refractivity contribution in [3.05, 3.63) is 60.8 Å². The Bertz CT molecular complexity index is 823. The maximum Gasteiger partial charge on any atom is 0.306 e. The molecule has 0 fully saturated rings. The Morgan fingerprint density at radius 2 is 1.32 bits per heavy atom. The Hall–Kier alpha value is -2.44. The summed E-state index contributed by atoms with van der Waals surface area (Å²) in [5, 5.41) is 19.4. The quantitative estimate of drug-likeness (QED) is 0.0377. The highest BCUT2D eigenvalue weighted by atomic mass is 16.6. The minimum atomic E-state index is -0.812. The molecule has 0 amide bonds. The predicted octanol–water partition coefficient (Wildman–Crippen LogP) is 9.27. The van der Waals surface area contributed by atoms with Crippen molar-refractivity contribution in [3.8, 4) is 0 Å². The van der Waals surface area contributed by atoms with Gasteiger partial charge in [-0.25, -0.2) is 0 Å². The van der Waals surface area contributed by atoms with Crippen molar-refractivity contribution < 1.29 is 29.3 Å². The first kappa shape index (κ1) is 41.6. The van der Waals surface area contributed by atoms with E-state index in [0.717, 1.165) is 50.9 Å². The van der Waals surface area contributed by atoms with Gasteiger partial charge in [0.15, 0.2) is 6.10 Å². The lowest BCUT2D eigenvalue weighted by Crippen LogP contribution is -2.28. The molecule has 0 aromatic rings. The minimum Gasteiger partial charge on any atom is -0.462 e. The van der Waals surface area contributed by atoms with Gasteiger partial charge in [0, 0.05) is 12.8 Å². The van der Waals surface area contributed by atoms with Gasteiger partial charge in [0.1, 0.15) is 6.61 Å². The molecule has 2 atom stereocenters. The van der Waals surface area contributed by atoms with Crippen molar-refractivity contribution in [2.75, 3.05) is 13.2 Å². The van der Waals surface area contributed by atoms with E-state index in [4.69, 9.17) is 9.47 Å². The van der Waals surface area contributed by atoms with Crippen LogP contribution >= 0.6 is 0 Å². The first-order chi connectivity index (χ1) is 21.4. The van der Waals surface area contributed by atoms with E-state index < -0.39 is 12.2 Å². The van der Waals surface area contributed by atoms with Crippen molar-refractivity contribution in [3.63, 3.8) is 0 Å². The number of carbonyl (C=O) groups excluding carboxylic acids is 2. The summed E-state index contributed by atoms with van der Waals surface area (Å²) in [7, 11) is 0. The third-order valence-electron chi connectivity index (χ3n) is 7.08. The van der Waals surface area contributed by atoms with Crippen LogP contribution in [-0.4, -0.2) is 47.6 Å². The van der Waals surface area contributed by atoms with Gasteiger partial charge in [-0.3, -0.25) is 9.59 Å². The normalized spacial score (nSPS) is 13.8. The number of rotatable bonds is 29. The fourth-order valence-corrected chi connectivity index (χ4v) is 4.44.